The van der Waals surface area contributed by atoms with E-state index in [9.17, 15) is 9.59 Å². The standard InChI is InChI=1S/C17H23ClN2O3/c1-4-8-17(9-5-2)15(21)20(16(22)19-17)11-12-10-13(18)6-7-14(12)23-3/h6-7,10H,4-5,8-9,11H2,1-3H3,(H,19,22). The minimum Gasteiger partial charge on any atom is -0.496 e. The number of methoxy groups -OCH3 is 1. The monoisotopic (exact) mass is 338 g/mol. The molecule has 1 aliphatic rings. The van der Waals surface area contributed by atoms with Crippen molar-refractivity contribution in [1.82, 2.24) is 10.2 Å². The Hall–Kier alpha value is -1.75. The summed E-state index contributed by atoms with van der Waals surface area (Å²) < 4.78 is 5.30. The van der Waals surface area contributed by atoms with E-state index >= 15 is 0 Å². The number of carbonyl (C=O) groups excluding carboxylic acids is 2. The van der Waals surface area contributed by atoms with E-state index in [-0.39, 0.29) is 18.5 Å². The van der Waals surface area contributed by atoms with Gasteiger partial charge in [0.1, 0.15) is 11.3 Å². The lowest BCUT2D eigenvalue weighted by Gasteiger charge is -2.25. The number of hydrogen-bond acceptors (Lipinski definition) is 3. The van der Waals surface area contributed by atoms with Crippen molar-refractivity contribution in [2.24, 2.45) is 0 Å². The van der Waals surface area contributed by atoms with Crippen molar-refractivity contribution >= 4 is 23.5 Å². The van der Waals surface area contributed by atoms with Crippen molar-refractivity contribution in [2.75, 3.05) is 7.11 Å². The number of nitrogens with zero attached hydrogens (tertiary/aromatic N) is 1. The van der Waals surface area contributed by atoms with Crippen LogP contribution in [0.5, 0.6) is 5.75 Å². The summed E-state index contributed by atoms with van der Waals surface area (Å²) in [6.07, 6.45) is 2.96. The van der Waals surface area contributed by atoms with Crippen LogP contribution in [0.3, 0.4) is 0 Å². The number of hydrogen-bond donors (Lipinski definition) is 1. The number of urea groups is 1. The number of ether oxygens (including phenoxy) is 1. The van der Waals surface area contributed by atoms with Crippen molar-refractivity contribution in [2.45, 2.75) is 51.6 Å². The Balaban J connectivity index is 2.29. The first-order chi connectivity index (χ1) is 11.0. The highest BCUT2D eigenvalue weighted by Crippen LogP contribution is 2.31. The van der Waals surface area contributed by atoms with E-state index in [1.165, 1.54) is 4.90 Å². The highest BCUT2D eigenvalue weighted by atomic mass is 35.5. The second-order valence-corrected chi connectivity index (χ2v) is 6.30. The third-order valence-electron chi connectivity index (χ3n) is 4.17. The summed E-state index contributed by atoms with van der Waals surface area (Å²) in [5.41, 5.74) is -0.0563. The highest BCUT2D eigenvalue weighted by molar-refractivity contribution is 6.30. The van der Waals surface area contributed by atoms with Crippen molar-refractivity contribution in [3.8, 4) is 5.75 Å². The zero-order chi connectivity index (χ0) is 17.0. The zero-order valence-electron chi connectivity index (χ0n) is 13.8. The largest absolute Gasteiger partial charge is 0.496 e. The molecule has 2 rings (SSSR count). The van der Waals surface area contributed by atoms with E-state index in [1.54, 1.807) is 25.3 Å². The van der Waals surface area contributed by atoms with Crippen LogP contribution in [0.4, 0.5) is 4.79 Å². The lowest BCUT2D eigenvalue weighted by Crippen LogP contribution is -2.46. The summed E-state index contributed by atoms with van der Waals surface area (Å²) in [4.78, 5) is 26.5. The molecular formula is C17H23ClN2O3. The first kappa shape index (κ1) is 17.6. The molecule has 1 aromatic carbocycles. The number of imide groups is 1. The lowest BCUT2D eigenvalue weighted by molar-refractivity contribution is -0.132. The van der Waals surface area contributed by atoms with Crippen LogP contribution in [-0.2, 0) is 11.3 Å². The topological polar surface area (TPSA) is 58.6 Å². The molecule has 6 heteroatoms. The Morgan fingerprint density at radius 3 is 2.43 bits per heavy atom. The lowest BCUT2D eigenvalue weighted by atomic mass is 9.88. The average Bonchev–Trinajstić information content (AvgIpc) is 2.73. The van der Waals surface area contributed by atoms with Crippen molar-refractivity contribution in [3.63, 3.8) is 0 Å². The smallest absolute Gasteiger partial charge is 0.325 e. The van der Waals surface area contributed by atoms with E-state index in [0.29, 0.717) is 29.2 Å². The van der Waals surface area contributed by atoms with Gasteiger partial charge < -0.3 is 10.1 Å². The van der Waals surface area contributed by atoms with Crippen LogP contribution < -0.4 is 10.1 Å². The van der Waals surface area contributed by atoms with E-state index in [1.807, 2.05) is 13.8 Å². The van der Waals surface area contributed by atoms with Gasteiger partial charge in [-0.3, -0.25) is 9.69 Å². The molecule has 0 radical (unpaired) electrons. The highest BCUT2D eigenvalue weighted by Gasteiger charge is 2.49. The quantitative estimate of drug-likeness (QED) is 0.770. The van der Waals surface area contributed by atoms with Gasteiger partial charge in [0.15, 0.2) is 0 Å². The van der Waals surface area contributed by atoms with Crippen LogP contribution >= 0.6 is 11.6 Å². The van der Waals surface area contributed by atoms with Gasteiger partial charge in [-0.1, -0.05) is 38.3 Å². The van der Waals surface area contributed by atoms with Crippen molar-refractivity contribution in [3.05, 3.63) is 28.8 Å². The molecular weight excluding hydrogens is 316 g/mol. The molecule has 0 bridgehead atoms. The van der Waals surface area contributed by atoms with Crippen LogP contribution in [0, 0.1) is 0 Å². The fraction of sp³-hybridized carbons (Fsp3) is 0.529. The van der Waals surface area contributed by atoms with Crippen LogP contribution in [0.1, 0.15) is 45.1 Å². The van der Waals surface area contributed by atoms with Gasteiger partial charge in [0.2, 0.25) is 0 Å². The van der Waals surface area contributed by atoms with Gasteiger partial charge in [-0.05, 0) is 31.0 Å². The van der Waals surface area contributed by atoms with Gasteiger partial charge in [0, 0.05) is 10.6 Å². The normalized spacial score (nSPS) is 16.6. The second-order valence-electron chi connectivity index (χ2n) is 5.86. The molecule has 0 spiro atoms. The van der Waals surface area contributed by atoms with E-state index < -0.39 is 5.54 Å². The molecule has 0 unspecified atom stereocenters. The zero-order valence-corrected chi connectivity index (χ0v) is 14.6. The Morgan fingerprint density at radius 1 is 1.22 bits per heavy atom. The second kappa shape index (κ2) is 7.21. The number of rotatable bonds is 7. The molecule has 1 fully saturated rings. The number of amides is 3. The third kappa shape index (κ3) is 3.44. The van der Waals surface area contributed by atoms with Gasteiger partial charge in [0.05, 0.1) is 13.7 Å². The van der Waals surface area contributed by atoms with Crippen LogP contribution in [-0.4, -0.2) is 29.5 Å². The summed E-state index contributed by atoms with van der Waals surface area (Å²) in [6, 6.07) is 4.83. The molecule has 1 N–H and O–H groups in total. The van der Waals surface area contributed by atoms with Gasteiger partial charge in [-0.2, -0.15) is 0 Å². The molecule has 0 saturated carbocycles. The van der Waals surface area contributed by atoms with Crippen LogP contribution in [0.2, 0.25) is 5.02 Å². The molecule has 1 aliphatic heterocycles. The SMILES string of the molecule is CCCC1(CCC)NC(=O)N(Cc2cc(Cl)ccc2OC)C1=O. The fourth-order valence-corrected chi connectivity index (χ4v) is 3.37. The van der Waals surface area contributed by atoms with Crippen molar-refractivity contribution in [1.29, 1.82) is 0 Å². The first-order valence-corrected chi connectivity index (χ1v) is 8.31. The van der Waals surface area contributed by atoms with Gasteiger partial charge in [0.25, 0.3) is 5.91 Å². The number of carbonyl (C=O) groups is 2. The van der Waals surface area contributed by atoms with E-state index in [4.69, 9.17) is 16.3 Å². The summed E-state index contributed by atoms with van der Waals surface area (Å²) in [7, 11) is 1.55. The Morgan fingerprint density at radius 2 is 1.87 bits per heavy atom. The molecule has 0 aromatic heterocycles. The molecule has 126 valence electrons. The molecule has 1 aromatic rings. The predicted molar refractivity (Wildman–Crippen MR) is 89.6 cm³/mol. The fourth-order valence-electron chi connectivity index (χ4n) is 3.18. The molecule has 1 heterocycles. The maximum atomic E-state index is 12.9. The number of benzene rings is 1. The number of nitrogens with one attached hydrogen (secondary N) is 1. The molecule has 1 saturated heterocycles. The molecule has 0 atom stereocenters. The van der Waals surface area contributed by atoms with Crippen molar-refractivity contribution < 1.29 is 14.3 Å². The Labute approximate surface area is 141 Å². The predicted octanol–water partition coefficient (Wildman–Crippen LogP) is 3.74. The molecule has 3 amide bonds. The van der Waals surface area contributed by atoms with Crippen LogP contribution in [0.25, 0.3) is 0 Å². The average molecular weight is 339 g/mol. The molecule has 0 aliphatic carbocycles. The van der Waals surface area contributed by atoms with Crippen LogP contribution in [0.15, 0.2) is 18.2 Å². The summed E-state index contributed by atoms with van der Waals surface area (Å²) >= 11 is 6.03. The van der Waals surface area contributed by atoms with Gasteiger partial charge in [-0.15, -0.1) is 0 Å². The minimum absolute atomic E-state index is 0.156. The number of halogens is 1. The summed E-state index contributed by atoms with van der Waals surface area (Å²) in [5.74, 6) is 0.451. The Kier molecular flexibility index (Phi) is 5.52. The maximum absolute atomic E-state index is 12.9. The van der Waals surface area contributed by atoms with E-state index in [0.717, 1.165) is 12.8 Å². The first-order valence-electron chi connectivity index (χ1n) is 7.94. The molecule has 23 heavy (non-hydrogen) atoms. The maximum Gasteiger partial charge on any atom is 0.325 e. The Bertz CT molecular complexity index is 598. The molecule has 5 nitrogen and oxygen atoms in total. The summed E-state index contributed by atoms with van der Waals surface area (Å²) in [6.45, 7) is 4.18. The van der Waals surface area contributed by atoms with E-state index in [2.05, 4.69) is 5.32 Å². The minimum atomic E-state index is -0.771. The third-order valence-corrected chi connectivity index (χ3v) is 4.41. The van der Waals surface area contributed by atoms with Gasteiger partial charge >= 0.3 is 6.03 Å². The summed E-state index contributed by atoms with van der Waals surface area (Å²) in [5, 5.41) is 3.45. The van der Waals surface area contributed by atoms with Gasteiger partial charge in [-0.25, -0.2) is 4.79 Å².